The molecular formula is C11H12ClN7O. The summed E-state index contributed by atoms with van der Waals surface area (Å²) < 4.78 is 1.60. The van der Waals surface area contributed by atoms with Gasteiger partial charge in [0.15, 0.2) is 0 Å². The third-order valence-corrected chi connectivity index (χ3v) is 2.85. The van der Waals surface area contributed by atoms with E-state index in [1.54, 1.807) is 23.3 Å². The summed E-state index contributed by atoms with van der Waals surface area (Å²) >= 11 is 5.84. The van der Waals surface area contributed by atoms with Gasteiger partial charge in [-0.25, -0.2) is 4.98 Å². The molecule has 8 nitrogen and oxygen atoms in total. The molecule has 1 amide bonds. The molecule has 9 heteroatoms. The Morgan fingerprint density at radius 1 is 1.40 bits per heavy atom. The van der Waals surface area contributed by atoms with E-state index in [1.807, 2.05) is 0 Å². The molecule has 0 aromatic carbocycles. The molecule has 0 radical (unpaired) electrons. The van der Waals surface area contributed by atoms with E-state index in [1.165, 1.54) is 0 Å². The molecule has 0 atom stereocenters. The van der Waals surface area contributed by atoms with Gasteiger partial charge in [0.1, 0.15) is 6.33 Å². The molecule has 1 aliphatic rings. The second-order valence-corrected chi connectivity index (χ2v) is 4.73. The van der Waals surface area contributed by atoms with Crippen molar-refractivity contribution in [1.82, 2.24) is 29.8 Å². The summed E-state index contributed by atoms with van der Waals surface area (Å²) in [6.07, 6.45) is 6.95. The van der Waals surface area contributed by atoms with Gasteiger partial charge in [0.2, 0.25) is 23.1 Å². The van der Waals surface area contributed by atoms with Crippen molar-refractivity contribution in [3.05, 3.63) is 24.0 Å². The number of imidazole rings is 1. The summed E-state index contributed by atoms with van der Waals surface area (Å²) in [7, 11) is 0. The number of aromatic nitrogens is 5. The zero-order valence-corrected chi connectivity index (χ0v) is 11.2. The molecule has 0 spiro atoms. The topological polar surface area (TPSA) is 97.6 Å². The van der Waals surface area contributed by atoms with Crippen LogP contribution >= 0.6 is 11.6 Å². The van der Waals surface area contributed by atoms with Crippen LogP contribution in [0.2, 0.25) is 5.28 Å². The Morgan fingerprint density at radius 3 is 2.95 bits per heavy atom. The Balaban J connectivity index is 1.67. The fraction of sp³-hybridized carbons (Fsp3) is 0.364. The Bertz CT molecular complexity index is 611. The Kier molecular flexibility index (Phi) is 3.46. The molecular weight excluding hydrogens is 282 g/mol. The molecule has 2 aromatic heterocycles. The molecule has 104 valence electrons. The van der Waals surface area contributed by atoms with E-state index < -0.39 is 0 Å². The molecule has 1 saturated carbocycles. The van der Waals surface area contributed by atoms with Crippen LogP contribution in [0.4, 0.5) is 5.95 Å². The normalized spacial score (nSPS) is 14.1. The first-order valence-corrected chi connectivity index (χ1v) is 6.51. The van der Waals surface area contributed by atoms with Crippen molar-refractivity contribution in [2.24, 2.45) is 0 Å². The number of nitrogens with zero attached hydrogens (tertiary/aromatic N) is 5. The summed E-state index contributed by atoms with van der Waals surface area (Å²) in [5.74, 6) is 0.500. The monoisotopic (exact) mass is 293 g/mol. The number of carbonyl (C=O) groups is 1. The van der Waals surface area contributed by atoms with E-state index in [9.17, 15) is 4.79 Å². The lowest BCUT2D eigenvalue weighted by atomic mass is 10.5. The van der Waals surface area contributed by atoms with E-state index in [4.69, 9.17) is 11.6 Å². The molecule has 20 heavy (non-hydrogen) atoms. The van der Waals surface area contributed by atoms with Crippen LogP contribution in [0.3, 0.4) is 0 Å². The van der Waals surface area contributed by atoms with Crippen LogP contribution in [0.5, 0.6) is 0 Å². The van der Waals surface area contributed by atoms with E-state index in [2.05, 4.69) is 30.6 Å². The van der Waals surface area contributed by atoms with Crippen molar-refractivity contribution >= 4 is 23.5 Å². The van der Waals surface area contributed by atoms with Gasteiger partial charge in [-0.2, -0.15) is 15.0 Å². The summed E-state index contributed by atoms with van der Waals surface area (Å²) in [4.78, 5) is 27.6. The maximum atomic E-state index is 11.6. The zero-order valence-electron chi connectivity index (χ0n) is 10.5. The number of anilines is 1. The zero-order chi connectivity index (χ0) is 13.9. The molecule has 0 aliphatic heterocycles. The van der Waals surface area contributed by atoms with Gasteiger partial charge < -0.3 is 10.6 Å². The molecule has 0 unspecified atom stereocenters. The number of rotatable bonds is 5. The molecule has 1 fully saturated rings. The number of nitrogens with one attached hydrogen (secondary N) is 2. The van der Waals surface area contributed by atoms with E-state index >= 15 is 0 Å². The Morgan fingerprint density at radius 2 is 2.25 bits per heavy atom. The lowest BCUT2D eigenvalue weighted by molar-refractivity contribution is -0.119. The first kappa shape index (κ1) is 12.8. The third-order valence-electron chi connectivity index (χ3n) is 2.68. The third kappa shape index (κ3) is 3.21. The lowest BCUT2D eigenvalue weighted by Crippen LogP contribution is -2.31. The van der Waals surface area contributed by atoms with Crippen molar-refractivity contribution < 1.29 is 4.79 Å². The van der Waals surface area contributed by atoms with Gasteiger partial charge in [0.05, 0.1) is 6.54 Å². The van der Waals surface area contributed by atoms with Gasteiger partial charge in [0.25, 0.3) is 0 Å². The minimum absolute atomic E-state index is 0.0498. The number of hydrogen-bond acceptors (Lipinski definition) is 6. The van der Waals surface area contributed by atoms with Crippen molar-refractivity contribution in [3.63, 3.8) is 0 Å². The minimum Gasteiger partial charge on any atom is -0.352 e. The maximum Gasteiger partial charge on any atom is 0.241 e. The van der Waals surface area contributed by atoms with Crippen molar-refractivity contribution in [1.29, 1.82) is 0 Å². The SMILES string of the molecule is O=C(CNc1nc(Cl)nc(-n2ccnc2)n1)NC1CC1. The van der Waals surface area contributed by atoms with Crippen molar-refractivity contribution in [2.75, 3.05) is 11.9 Å². The number of amides is 1. The first-order chi connectivity index (χ1) is 9.70. The number of halogens is 1. The van der Waals surface area contributed by atoms with Crippen LogP contribution in [0, 0.1) is 0 Å². The van der Waals surface area contributed by atoms with Gasteiger partial charge in [-0.15, -0.1) is 0 Å². The summed E-state index contributed by atoms with van der Waals surface area (Å²) in [5.41, 5.74) is 0. The second kappa shape index (κ2) is 5.41. The highest BCUT2D eigenvalue weighted by Gasteiger charge is 2.23. The lowest BCUT2D eigenvalue weighted by Gasteiger charge is -2.07. The molecule has 2 heterocycles. The fourth-order valence-corrected chi connectivity index (χ4v) is 1.73. The van der Waals surface area contributed by atoms with Crippen LogP contribution in [0.15, 0.2) is 18.7 Å². The highest BCUT2D eigenvalue weighted by atomic mass is 35.5. The van der Waals surface area contributed by atoms with E-state index in [-0.39, 0.29) is 23.7 Å². The fourth-order valence-electron chi connectivity index (χ4n) is 1.58. The minimum atomic E-state index is -0.0896. The molecule has 3 rings (SSSR count). The molecule has 2 N–H and O–H groups in total. The van der Waals surface area contributed by atoms with Crippen molar-refractivity contribution in [3.8, 4) is 5.95 Å². The quantitative estimate of drug-likeness (QED) is 0.828. The van der Waals surface area contributed by atoms with Gasteiger partial charge in [0, 0.05) is 18.4 Å². The number of carbonyl (C=O) groups excluding carboxylic acids is 1. The predicted octanol–water partition coefficient (Wildman–Crippen LogP) is 0.401. The first-order valence-electron chi connectivity index (χ1n) is 6.14. The standard InChI is InChI=1S/C11H12ClN7O/c12-9-16-10(14-5-8(20)15-7-1-2-7)18-11(17-9)19-4-3-13-6-19/h3-4,6-7H,1-2,5H2,(H,15,20)(H,14,16,17,18). The average molecular weight is 294 g/mol. The van der Waals surface area contributed by atoms with Gasteiger partial charge >= 0.3 is 0 Å². The van der Waals surface area contributed by atoms with E-state index in [0.29, 0.717) is 12.0 Å². The molecule has 1 aliphatic carbocycles. The second-order valence-electron chi connectivity index (χ2n) is 4.39. The largest absolute Gasteiger partial charge is 0.352 e. The van der Waals surface area contributed by atoms with Crippen LogP contribution in [-0.4, -0.2) is 43.0 Å². The van der Waals surface area contributed by atoms with Crippen molar-refractivity contribution in [2.45, 2.75) is 18.9 Å². The van der Waals surface area contributed by atoms with Crippen LogP contribution in [0.1, 0.15) is 12.8 Å². The predicted molar refractivity (Wildman–Crippen MR) is 71.6 cm³/mol. The Hall–Kier alpha value is -2.22. The number of hydrogen-bond donors (Lipinski definition) is 2. The molecule has 0 bridgehead atoms. The van der Waals surface area contributed by atoms with Gasteiger partial charge in [-0.05, 0) is 24.4 Å². The molecule has 2 aromatic rings. The van der Waals surface area contributed by atoms with Gasteiger partial charge in [-0.3, -0.25) is 9.36 Å². The van der Waals surface area contributed by atoms with Crippen LogP contribution in [-0.2, 0) is 4.79 Å². The highest BCUT2D eigenvalue weighted by Crippen LogP contribution is 2.18. The maximum absolute atomic E-state index is 11.6. The Labute approximate surface area is 119 Å². The summed E-state index contributed by atoms with van der Waals surface area (Å²) in [6, 6.07) is 0.327. The summed E-state index contributed by atoms with van der Waals surface area (Å²) in [6.45, 7) is 0.0974. The highest BCUT2D eigenvalue weighted by molar-refractivity contribution is 6.28. The van der Waals surface area contributed by atoms with E-state index in [0.717, 1.165) is 12.8 Å². The average Bonchev–Trinajstić information content (AvgIpc) is 3.06. The smallest absolute Gasteiger partial charge is 0.241 e. The summed E-state index contributed by atoms with van der Waals surface area (Å²) in [5, 5.41) is 5.74. The van der Waals surface area contributed by atoms with Gasteiger partial charge in [-0.1, -0.05) is 0 Å². The van der Waals surface area contributed by atoms with Crippen LogP contribution in [0.25, 0.3) is 5.95 Å². The molecule has 0 saturated heterocycles. The van der Waals surface area contributed by atoms with Crippen LogP contribution < -0.4 is 10.6 Å².